The summed E-state index contributed by atoms with van der Waals surface area (Å²) in [5, 5.41) is 12.5. The first-order chi connectivity index (χ1) is 10.3. The molecule has 4 nitrogen and oxygen atoms in total. The highest BCUT2D eigenvalue weighted by molar-refractivity contribution is 5.42. The Bertz CT molecular complexity index is 436. The van der Waals surface area contributed by atoms with Gasteiger partial charge in [-0.2, -0.15) is 0 Å². The number of nitrogens with one attached hydrogen (secondary N) is 1. The van der Waals surface area contributed by atoms with Gasteiger partial charge < -0.3 is 19.9 Å². The summed E-state index contributed by atoms with van der Waals surface area (Å²) in [6.45, 7) is 3.43. The lowest BCUT2D eigenvalue weighted by molar-refractivity contribution is 0.196. The van der Waals surface area contributed by atoms with Gasteiger partial charge in [0, 0.05) is 12.6 Å². The van der Waals surface area contributed by atoms with Gasteiger partial charge in [-0.3, -0.25) is 0 Å². The van der Waals surface area contributed by atoms with Crippen LogP contribution in [0.2, 0.25) is 0 Å². The fraction of sp³-hybridized carbons (Fsp3) is 0.647. The van der Waals surface area contributed by atoms with Crippen molar-refractivity contribution in [1.82, 2.24) is 5.32 Å². The average Bonchev–Trinajstić information content (AvgIpc) is 2.99. The van der Waals surface area contributed by atoms with Crippen molar-refractivity contribution < 1.29 is 14.6 Å². The van der Waals surface area contributed by atoms with Crippen LogP contribution in [0.25, 0.3) is 0 Å². The maximum atomic E-state index is 8.82. The van der Waals surface area contributed by atoms with Crippen molar-refractivity contribution in [2.45, 2.75) is 45.2 Å². The summed E-state index contributed by atoms with van der Waals surface area (Å²) in [5.74, 6) is 2.30. The lowest BCUT2D eigenvalue weighted by Gasteiger charge is -2.15. The molecule has 118 valence electrons. The number of ether oxygens (including phenoxy) is 2. The monoisotopic (exact) mass is 293 g/mol. The molecular formula is C17H27NO3. The van der Waals surface area contributed by atoms with Gasteiger partial charge in [-0.05, 0) is 42.9 Å². The van der Waals surface area contributed by atoms with E-state index in [2.05, 4.69) is 18.3 Å². The Balaban J connectivity index is 1.88. The molecule has 2 N–H and O–H groups in total. The zero-order valence-corrected chi connectivity index (χ0v) is 13.1. The lowest BCUT2D eigenvalue weighted by Crippen LogP contribution is -2.25. The van der Waals surface area contributed by atoms with Crippen LogP contribution < -0.4 is 14.8 Å². The van der Waals surface area contributed by atoms with Gasteiger partial charge in [-0.1, -0.05) is 19.4 Å². The van der Waals surface area contributed by atoms with Crippen LogP contribution in [0, 0.1) is 5.92 Å². The molecule has 0 heterocycles. The fourth-order valence-electron chi connectivity index (χ4n) is 2.99. The van der Waals surface area contributed by atoms with E-state index in [1.807, 2.05) is 12.1 Å². The number of rotatable bonds is 8. The molecule has 0 spiro atoms. The highest BCUT2D eigenvalue weighted by Crippen LogP contribution is 2.30. The first-order valence-electron chi connectivity index (χ1n) is 7.90. The second kappa shape index (κ2) is 8.25. The first-order valence-corrected chi connectivity index (χ1v) is 7.90. The molecule has 0 aromatic heterocycles. The standard InChI is InChI=1S/C17H27NO3/c1-3-13-4-6-15(10-13)18-12-14-5-7-16(21-9-8-19)17(11-14)20-2/h5,7,11,13,15,18-19H,3-4,6,8-10,12H2,1-2H3. The van der Waals surface area contributed by atoms with E-state index in [-0.39, 0.29) is 13.2 Å². The summed E-state index contributed by atoms with van der Waals surface area (Å²) < 4.78 is 10.8. The molecule has 2 rings (SSSR count). The maximum Gasteiger partial charge on any atom is 0.161 e. The minimum absolute atomic E-state index is 0.00668. The van der Waals surface area contributed by atoms with Crippen LogP contribution in [0.4, 0.5) is 0 Å². The summed E-state index contributed by atoms with van der Waals surface area (Å²) >= 11 is 0. The van der Waals surface area contributed by atoms with Crippen LogP contribution in [-0.4, -0.2) is 31.5 Å². The number of hydrogen-bond donors (Lipinski definition) is 2. The normalized spacial score (nSPS) is 21.5. The van der Waals surface area contributed by atoms with Gasteiger partial charge in [0.25, 0.3) is 0 Å². The molecule has 21 heavy (non-hydrogen) atoms. The van der Waals surface area contributed by atoms with Crippen LogP contribution in [0.15, 0.2) is 18.2 Å². The Hall–Kier alpha value is -1.26. The van der Waals surface area contributed by atoms with Gasteiger partial charge in [0.15, 0.2) is 11.5 Å². The van der Waals surface area contributed by atoms with Crippen LogP contribution in [0.3, 0.4) is 0 Å². The molecule has 1 aromatic carbocycles. The molecule has 0 saturated heterocycles. The van der Waals surface area contributed by atoms with E-state index in [0.29, 0.717) is 11.8 Å². The van der Waals surface area contributed by atoms with Gasteiger partial charge in [-0.25, -0.2) is 0 Å². The quantitative estimate of drug-likeness (QED) is 0.774. The van der Waals surface area contributed by atoms with Crippen LogP contribution in [-0.2, 0) is 6.54 Å². The minimum atomic E-state index is 0.00668. The molecule has 1 aromatic rings. The summed E-state index contributed by atoms with van der Waals surface area (Å²) in [6, 6.07) is 6.61. The maximum absolute atomic E-state index is 8.82. The van der Waals surface area contributed by atoms with Gasteiger partial charge in [0.1, 0.15) is 6.61 Å². The van der Waals surface area contributed by atoms with Crippen molar-refractivity contribution in [3.05, 3.63) is 23.8 Å². The van der Waals surface area contributed by atoms with Crippen LogP contribution >= 0.6 is 0 Å². The largest absolute Gasteiger partial charge is 0.493 e. The SMILES string of the molecule is CCC1CCC(NCc2ccc(OCCO)c(OC)c2)C1. The molecule has 0 bridgehead atoms. The van der Waals surface area contributed by atoms with Crippen molar-refractivity contribution in [3.8, 4) is 11.5 Å². The molecule has 2 unspecified atom stereocenters. The molecule has 1 aliphatic rings. The lowest BCUT2D eigenvalue weighted by atomic mass is 10.1. The molecule has 2 atom stereocenters. The van der Waals surface area contributed by atoms with Crippen molar-refractivity contribution in [3.63, 3.8) is 0 Å². The molecule has 1 fully saturated rings. The molecule has 4 heteroatoms. The number of benzene rings is 1. The summed E-state index contributed by atoms with van der Waals surface area (Å²) in [6.07, 6.45) is 5.23. The Morgan fingerprint density at radius 3 is 2.81 bits per heavy atom. The molecule has 0 radical (unpaired) electrons. The van der Waals surface area contributed by atoms with Crippen molar-refractivity contribution in [1.29, 1.82) is 0 Å². The van der Waals surface area contributed by atoms with Crippen molar-refractivity contribution in [2.75, 3.05) is 20.3 Å². The van der Waals surface area contributed by atoms with E-state index in [9.17, 15) is 0 Å². The molecular weight excluding hydrogens is 266 g/mol. The topological polar surface area (TPSA) is 50.7 Å². The fourth-order valence-corrected chi connectivity index (χ4v) is 2.99. The van der Waals surface area contributed by atoms with E-state index in [1.54, 1.807) is 7.11 Å². The third-order valence-corrected chi connectivity index (χ3v) is 4.29. The highest BCUT2D eigenvalue weighted by Gasteiger charge is 2.22. The number of aliphatic hydroxyl groups excluding tert-OH is 1. The van der Waals surface area contributed by atoms with Crippen molar-refractivity contribution >= 4 is 0 Å². The second-order valence-electron chi connectivity index (χ2n) is 5.72. The van der Waals surface area contributed by atoms with E-state index >= 15 is 0 Å². The number of methoxy groups -OCH3 is 1. The van der Waals surface area contributed by atoms with Gasteiger partial charge in [0.05, 0.1) is 13.7 Å². The van der Waals surface area contributed by atoms with Gasteiger partial charge >= 0.3 is 0 Å². The van der Waals surface area contributed by atoms with Crippen LogP contribution in [0.5, 0.6) is 11.5 Å². The van der Waals surface area contributed by atoms with Gasteiger partial charge in [-0.15, -0.1) is 0 Å². The number of hydrogen-bond acceptors (Lipinski definition) is 4. The molecule has 1 saturated carbocycles. The Labute approximate surface area is 127 Å². The van der Waals surface area contributed by atoms with E-state index in [0.717, 1.165) is 18.2 Å². The highest BCUT2D eigenvalue weighted by atomic mass is 16.5. The Kier molecular flexibility index (Phi) is 6.33. The predicted octanol–water partition coefficient (Wildman–Crippen LogP) is 2.73. The third kappa shape index (κ3) is 4.61. The summed E-state index contributed by atoms with van der Waals surface area (Å²) in [4.78, 5) is 0. The molecule has 0 aliphatic heterocycles. The zero-order valence-electron chi connectivity index (χ0n) is 13.1. The third-order valence-electron chi connectivity index (χ3n) is 4.29. The van der Waals surface area contributed by atoms with Crippen LogP contribution in [0.1, 0.15) is 38.2 Å². The molecule has 0 amide bonds. The van der Waals surface area contributed by atoms with Crippen molar-refractivity contribution in [2.24, 2.45) is 5.92 Å². The number of aliphatic hydroxyl groups is 1. The second-order valence-corrected chi connectivity index (χ2v) is 5.72. The van der Waals surface area contributed by atoms with E-state index in [4.69, 9.17) is 14.6 Å². The summed E-state index contributed by atoms with van der Waals surface area (Å²) in [7, 11) is 1.64. The first kappa shape index (κ1) is 16.1. The van der Waals surface area contributed by atoms with E-state index < -0.39 is 0 Å². The molecule has 1 aliphatic carbocycles. The average molecular weight is 293 g/mol. The zero-order chi connectivity index (χ0) is 15.1. The smallest absolute Gasteiger partial charge is 0.161 e. The van der Waals surface area contributed by atoms with E-state index in [1.165, 1.54) is 31.2 Å². The predicted molar refractivity (Wildman–Crippen MR) is 83.8 cm³/mol. The minimum Gasteiger partial charge on any atom is -0.493 e. The van der Waals surface area contributed by atoms with Gasteiger partial charge in [0.2, 0.25) is 0 Å². The Morgan fingerprint density at radius 2 is 2.14 bits per heavy atom. The Morgan fingerprint density at radius 1 is 1.29 bits per heavy atom. The summed E-state index contributed by atoms with van der Waals surface area (Å²) in [5.41, 5.74) is 1.20.